The summed E-state index contributed by atoms with van der Waals surface area (Å²) in [6, 6.07) is 1.25. The van der Waals surface area contributed by atoms with Gasteiger partial charge < -0.3 is 15.5 Å². The third-order valence-corrected chi connectivity index (χ3v) is 7.20. The molecule has 0 aromatic rings. The Kier molecular flexibility index (Phi) is 4.64. The Morgan fingerprint density at radius 1 is 1.00 bits per heavy atom. The quantitative estimate of drug-likeness (QED) is 0.839. The number of fused-ring (bicyclic) bond motifs is 1. The molecular formula is C19H33N3O. The number of carbonyl (C=O) groups excluding carboxylic acids is 1. The van der Waals surface area contributed by atoms with Gasteiger partial charge in [-0.15, -0.1) is 0 Å². The van der Waals surface area contributed by atoms with E-state index in [1.165, 1.54) is 58.0 Å². The van der Waals surface area contributed by atoms with Gasteiger partial charge in [0.25, 0.3) is 0 Å². The van der Waals surface area contributed by atoms with Crippen molar-refractivity contribution in [3.05, 3.63) is 0 Å². The zero-order valence-corrected chi connectivity index (χ0v) is 14.5. The molecule has 4 aliphatic rings. The van der Waals surface area contributed by atoms with Gasteiger partial charge in [-0.2, -0.15) is 0 Å². The molecule has 4 rings (SSSR count). The van der Waals surface area contributed by atoms with Gasteiger partial charge in [0, 0.05) is 31.7 Å². The topological polar surface area (TPSA) is 44.4 Å². The second-order valence-electron chi connectivity index (χ2n) is 8.45. The fourth-order valence-corrected chi connectivity index (χ4v) is 5.70. The highest BCUT2D eigenvalue weighted by molar-refractivity contribution is 5.84. The van der Waals surface area contributed by atoms with Crippen LogP contribution in [0.5, 0.6) is 0 Å². The van der Waals surface area contributed by atoms with Gasteiger partial charge in [-0.05, 0) is 51.0 Å². The minimum atomic E-state index is -0.0825. The Bertz CT molecular complexity index is 426. The SMILES string of the molecule is O=C(NC1CCN(C2CCCC2)CC1)[C@@]12CCCC[C@H]1CNC2. The number of hydrogen-bond acceptors (Lipinski definition) is 3. The van der Waals surface area contributed by atoms with Crippen LogP contribution in [0, 0.1) is 11.3 Å². The summed E-state index contributed by atoms with van der Waals surface area (Å²) in [5.74, 6) is 0.946. The van der Waals surface area contributed by atoms with Gasteiger partial charge in [-0.1, -0.05) is 25.7 Å². The van der Waals surface area contributed by atoms with Crippen molar-refractivity contribution in [2.75, 3.05) is 26.2 Å². The van der Waals surface area contributed by atoms with E-state index in [0.717, 1.165) is 38.4 Å². The molecule has 0 spiro atoms. The average molecular weight is 319 g/mol. The molecular weight excluding hydrogens is 286 g/mol. The van der Waals surface area contributed by atoms with Crippen molar-refractivity contribution in [3.63, 3.8) is 0 Å². The van der Waals surface area contributed by atoms with Crippen molar-refractivity contribution in [3.8, 4) is 0 Å². The number of rotatable bonds is 3. The molecule has 0 radical (unpaired) electrons. The molecule has 2 saturated heterocycles. The van der Waals surface area contributed by atoms with E-state index in [2.05, 4.69) is 15.5 Å². The van der Waals surface area contributed by atoms with E-state index in [1.807, 2.05) is 0 Å². The lowest BCUT2D eigenvalue weighted by Gasteiger charge is -2.40. The molecule has 0 aromatic heterocycles. The standard InChI is InChI=1S/C19H33N3O/c23-18(19-10-4-3-5-15(19)13-20-14-19)21-16-8-11-22(12-9-16)17-6-1-2-7-17/h15-17,20H,1-14H2,(H,21,23)/t15-,19+/m0/s1. The number of hydrogen-bond donors (Lipinski definition) is 2. The monoisotopic (exact) mass is 319 g/mol. The largest absolute Gasteiger partial charge is 0.353 e. The van der Waals surface area contributed by atoms with Crippen LogP contribution in [0.1, 0.15) is 64.2 Å². The first-order valence-electron chi connectivity index (χ1n) is 10.0. The van der Waals surface area contributed by atoms with E-state index in [4.69, 9.17) is 0 Å². The molecule has 4 fully saturated rings. The maximum Gasteiger partial charge on any atom is 0.228 e. The van der Waals surface area contributed by atoms with Gasteiger partial charge in [-0.25, -0.2) is 0 Å². The Morgan fingerprint density at radius 2 is 1.74 bits per heavy atom. The zero-order valence-electron chi connectivity index (χ0n) is 14.5. The van der Waals surface area contributed by atoms with Crippen LogP contribution in [0.25, 0.3) is 0 Å². The fourth-order valence-electron chi connectivity index (χ4n) is 5.70. The van der Waals surface area contributed by atoms with Crippen LogP contribution in [0.2, 0.25) is 0 Å². The molecule has 2 N–H and O–H groups in total. The summed E-state index contributed by atoms with van der Waals surface area (Å²) >= 11 is 0. The molecule has 130 valence electrons. The second-order valence-corrected chi connectivity index (χ2v) is 8.45. The maximum absolute atomic E-state index is 13.0. The molecule has 2 atom stereocenters. The van der Waals surface area contributed by atoms with E-state index in [-0.39, 0.29) is 5.41 Å². The lowest BCUT2D eigenvalue weighted by atomic mass is 9.67. The number of likely N-dealkylation sites (tertiary alicyclic amines) is 1. The van der Waals surface area contributed by atoms with E-state index >= 15 is 0 Å². The van der Waals surface area contributed by atoms with Crippen molar-refractivity contribution < 1.29 is 4.79 Å². The van der Waals surface area contributed by atoms with Crippen molar-refractivity contribution in [1.82, 2.24) is 15.5 Å². The highest BCUT2D eigenvalue weighted by Gasteiger charge is 2.50. The number of carbonyl (C=O) groups is 1. The lowest BCUT2D eigenvalue weighted by molar-refractivity contribution is -0.135. The first-order chi connectivity index (χ1) is 11.3. The Morgan fingerprint density at radius 3 is 2.52 bits per heavy atom. The summed E-state index contributed by atoms with van der Waals surface area (Å²) in [4.78, 5) is 15.7. The predicted molar refractivity (Wildman–Crippen MR) is 92.3 cm³/mol. The van der Waals surface area contributed by atoms with Crippen LogP contribution in [0.15, 0.2) is 0 Å². The van der Waals surface area contributed by atoms with Gasteiger partial charge >= 0.3 is 0 Å². The Labute approximate surface area is 140 Å². The van der Waals surface area contributed by atoms with Crippen LogP contribution in [0.4, 0.5) is 0 Å². The van der Waals surface area contributed by atoms with Crippen molar-refractivity contribution >= 4 is 5.91 Å². The second kappa shape index (κ2) is 6.72. The molecule has 2 aliphatic carbocycles. The maximum atomic E-state index is 13.0. The summed E-state index contributed by atoms with van der Waals surface area (Å²) in [6.45, 7) is 4.33. The number of piperidine rings is 1. The van der Waals surface area contributed by atoms with E-state index in [1.54, 1.807) is 0 Å². The molecule has 4 heteroatoms. The first-order valence-corrected chi connectivity index (χ1v) is 10.0. The number of amides is 1. The molecule has 0 bridgehead atoms. The molecule has 1 amide bonds. The third kappa shape index (κ3) is 3.05. The van der Waals surface area contributed by atoms with E-state index < -0.39 is 0 Å². The van der Waals surface area contributed by atoms with Crippen molar-refractivity contribution in [1.29, 1.82) is 0 Å². The zero-order chi connectivity index (χ0) is 15.7. The van der Waals surface area contributed by atoms with Gasteiger partial charge in [-0.3, -0.25) is 4.79 Å². The van der Waals surface area contributed by atoms with Gasteiger partial charge in [0.2, 0.25) is 5.91 Å². The van der Waals surface area contributed by atoms with Crippen LogP contribution in [-0.2, 0) is 4.79 Å². The molecule has 2 aliphatic heterocycles. The van der Waals surface area contributed by atoms with Crippen LogP contribution >= 0.6 is 0 Å². The smallest absolute Gasteiger partial charge is 0.228 e. The highest BCUT2D eigenvalue weighted by Crippen LogP contribution is 2.44. The Hall–Kier alpha value is -0.610. The summed E-state index contributed by atoms with van der Waals surface area (Å²) in [5.41, 5.74) is -0.0825. The van der Waals surface area contributed by atoms with Gasteiger partial charge in [0.1, 0.15) is 0 Å². The van der Waals surface area contributed by atoms with Gasteiger partial charge in [0.05, 0.1) is 5.41 Å². The molecule has 0 aromatic carbocycles. The fraction of sp³-hybridized carbons (Fsp3) is 0.947. The molecule has 23 heavy (non-hydrogen) atoms. The summed E-state index contributed by atoms with van der Waals surface area (Å²) in [5, 5.41) is 6.95. The highest BCUT2D eigenvalue weighted by atomic mass is 16.2. The first kappa shape index (κ1) is 15.9. The van der Waals surface area contributed by atoms with Crippen LogP contribution in [0.3, 0.4) is 0 Å². The minimum Gasteiger partial charge on any atom is -0.353 e. The lowest BCUT2D eigenvalue weighted by Crippen LogP contribution is -2.53. The normalized spacial score (nSPS) is 37.0. The van der Waals surface area contributed by atoms with Crippen molar-refractivity contribution in [2.24, 2.45) is 11.3 Å². The number of nitrogens with zero attached hydrogens (tertiary/aromatic N) is 1. The molecule has 4 nitrogen and oxygen atoms in total. The van der Waals surface area contributed by atoms with E-state index in [9.17, 15) is 4.79 Å². The van der Waals surface area contributed by atoms with Crippen molar-refractivity contribution in [2.45, 2.75) is 76.3 Å². The Balaban J connectivity index is 1.31. The predicted octanol–water partition coefficient (Wildman–Crippen LogP) is 2.29. The summed E-state index contributed by atoms with van der Waals surface area (Å²) < 4.78 is 0. The minimum absolute atomic E-state index is 0.0825. The van der Waals surface area contributed by atoms with E-state index in [0.29, 0.717) is 17.9 Å². The van der Waals surface area contributed by atoms with Gasteiger partial charge in [0.15, 0.2) is 0 Å². The van der Waals surface area contributed by atoms with Crippen LogP contribution < -0.4 is 10.6 Å². The third-order valence-electron chi connectivity index (χ3n) is 7.20. The molecule has 0 unspecified atom stereocenters. The molecule has 2 heterocycles. The average Bonchev–Trinajstić information content (AvgIpc) is 3.25. The molecule has 2 saturated carbocycles. The summed E-state index contributed by atoms with van der Waals surface area (Å²) in [6.07, 6.45) is 12.8. The summed E-state index contributed by atoms with van der Waals surface area (Å²) in [7, 11) is 0. The van der Waals surface area contributed by atoms with Crippen LogP contribution in [-0.4, -0.2) is 49.1 Å². The number of nitrogens with one attached hydrogen (secondary N) is 2.